The Morgan fingerprint density at radius 3 is 3.05 bits per heavy atom. The minimum Gasteiger partial charge on any atom is -0.394 e. The van der Waals surface area contributed by atoms with Gasteiger partial charge in [-0.25, -0.2) is 14.1 Å². The molecule has 2 aromatic heterocycles. The maximum absolute atomic E-state index is 13.6. The van der Waals surface area contributed by atoms with Gasteiger partial charge in [0.15, 0.2) is 18.0 Å². The van der Waals surface area contributed by atoms with E-state index in [0.29, 0.717) is 0 Å². The lowest BCUT2D eigenvalue weighted by molar-refractivity contribution is -0.0555. The van der Waals surface area contributed by atoms with Gasteiger partial charge < -0.3 is 19.9 Å². The molecule has 1 fully saturated rings. The van der Waals surface area contributed by atoms with Gasteiger partial charge in [0, 0.05) is 0 Å². The van der Waals surface area contributed by atoms with Gasteiger partial charge in [0.2, 0.25) is 0 Å². The molecule has 3 rings (SSSR count). The van der Waals surface area contributed by atoms with Gasteiger partial charge in [-0.1, -0.05) is 0 Å². The van der Waals surface area contributed by atoms with Gasteiger partial charge in [-0.2, -0.15) is 5.10 Å². The Balaban J connectivity index is 2.06. The summed E-state index contributed by atoms with van der Waals surface area (Å²) in [7, 11) is 0. The first-order chi connectivity index (χ1) is 9.13. The lowest BCUT2D eigenvalue weighted by Crippen LogP contribution is -2.29. The summed E-state index contributed by atoms with van der Waals surface area (Å²) in [5.41, 5.74) is -0.210. The van der Waals surface area contributed by atoms with Crippen molar-refractivity contribution in [2.75, 3.05) is 6.61 Å². The molecule has 8 nitrogen and oxygen atoms in total. The van der Waals surface area contributed by atoms with Gasteiger partial charge >= 0.3 is 0 Å². The van der Waals surface area contributed by atoms with Crippen LogP contribution in [-0.2, 0) is 4.74 Å². The fourth-order valence-corrected chi connectivity index (χ4v) is 2.12. The van der Waals surface area contributed by atoms with Gasteiger partial charge in [-0.05, 0) is 0 Å². The fraction of sp³-hybridized carbons (Fsp3) is 0.500. The predicted octanol–water partition coefficient (Wildman–Crippen LogP) is -1.29. The summed E-state index contributed by atoms with van der Waals surface area (Å²) in [4.78, 5) is 17.8. The van der Waals surface area contributed by atoms with E-state index in [1.807, 2.05) is 0 Å². The Labute approximate surface area is 105 Å². The van der Waals surface area contributed by atoms with Crippen LogP contribution in [0.15, 0.2) is 17.3 Å². The SMILES string of the molecule is O=c1[nH]cnc2c1cnn2[C@@H]1O[C@H](CO)[C@@H](F)[C@H]1O. The zero-order valence-corrected chi connectivity index (χ0v) is 9.60. The molecule has 0 aliphatic carbocycles. The molecule has 102 valence electrons. The Morgan fingerprint density at radius 2 is 2.37 bits per heavy atom. The molecule has 0 unspecified atom stereocenters. The molecule has 2 aromatic rings. The number of aromatic nitrogens is 4. The van der Waals surface area contributed by atoms with Crippen molar-refractivity contribution in [1.82, 2.24) is 19.7 Å². The summed E-state index contributed by atoms with van der Waals surface area (Å²) in [6.45, 7) is -0.554. The number of fused-ring (bicyclic) bond motifs is 1. The molecular formula is C10H11FN4O4. The van der Waals surface area contributed by atoms with Gasteiger partial charge in [0.1, 0.15) is 17.6 Å². The number of aromatic amines is 1. The van der Waals surface area contributed by atoms with E-state index in [1.54, 1.807) is 0 Å². The standard InChI is InChI=1S/C10H11FN4O4/c11-6-5(2-16)19-10(7(6)17)15-8-4(1-14-15)9(18)13-3-12-8/h1,3,5-7,10,16-17H,2H2,(H,12,13,18)/t5-,6-,7-,10-/m1/s1. The lowest BCUT2D eigenvalue weighted by atomic mass is 10.1. The number of nitrogens with one attached hydrogen (secondary N) is 1. The first kappa shape index (κ1) is 12.2. The Hall–Kier alpha value is -1.84. The van der Waals surface area contributed by atoms with Crippen LogP contribution >= 0.6 is 0 Å². The average molecular weight is 270 g/mol. The number of hydrogen-bond donors (Lipinski definition) is 3. The molecule has 1 aliphatic heterocycles. The number of nitrogens with zero attached hydrogens (tertiary/aromatic N) is 3. The highest BCUT2D eigenvalue weighted by Gasteiger charge is 2.45. The fourth-order valence-electron chi connectivity index (χ4n) is 2.12. The number of alkyl halides is 1. The van der Waals surface area contributed by atoms with Crippen molar-refractivity contribution in [3.8, 4) is 0 Å². The van der Waals surface area contributed by atoms with Crippen molar-refractivity contribution in [1.29, 1.82) is 0 Å². The maximum atomic E-state index is 13.6. The molecule has 0 saturated carbocycles. The molecule has 0 aromatic carbocycles. The van der Waals surface area contributed by atoms with Gasteiger partial charge in [-0.15, -0.1) is 0 Å². The Kier molecular flexibility index (Phi) is 2.81. The summed E-state index contributed by atoms with van der Waals surface area (Å²) >= 11 is 0. The van der Waals surface area contributed by atoms with E-state index in [1.165, 1.54) is 12.5 Å². The normalized spacial score (nSPS) is 31.1. The molecular weight excluding hydrogens is 259 g/mol. The van der Waals surface area contributed by atoms with Gasteiger partial charge in [0.05, 0.1) is 19.1 Å². The molecule has 0 radical (unpaired) electrons. The van der Waals surface area contributed by atoms with Crippen LogP contribution in [-0.4, -0.2) is 54.9 Å². The van der Waals surface area contributed by atoms with E-state index in [9.17, 15) is 14.3 Å². The summed E-state index contributed by atoms with van der Waals surface area (Å²) in [5.74, 6) is 0. The van der Waals surface area contributed by atoms with Crippen LogP contribution in [0, 0.1) is 0 Å². The highest BCUT2D eigenvalue weighted by atomic mass is 19.1. The number of aliphatic hydroxyl groups is 2. The molecule has 4 atom stereocenters. The zero-order valence-electron chi connectivity index (χ0n) is 9.60. The van der Waals surface area contributed by atoms with Crippen LogP contribution in [0.5, 0.6) is 0 Å². The third-order valence-corrected chi connectivity index (χ3v) is 3.11. The topological polar surface area (TPSA) is 113 Å². The molecule has 0 spiro atoms. The summed E-state index contributed by atoms with van der Waals surface area (Å²) in [5, 5.41) is 22.8. The van der Waals surface area contributed by atoms with Crippen molar-refractivity contribution in [3.05, 3.63) is 22.9 Å². The third-order valence-electron chi connectivity index (χ3n) is 3.11. The number of rotatable bonds is 2. The highest BCUT2D eigenvalue weighted by Crippen LogP contribution is 2.31. The number of H-pyrrole nitrogens is 1. The minimum absolute atomic E-state index is 0.179. The molecule has 3 N–H and O–H groups in total. The van der Waals surface area contributed by atoms with E-state index >= 15 is 0 Å². The summed E-state index contributed by atoms with van der Waals surface area (Å²) < 4.78 is 20.0. The van der Waals surface area contributed by atoms with E-state index in [2.05, 4.69) is 15.1 Å². The van der Waals surface area contributed by atoms with Gasteiger partial charge in [-0.3, -0.25) is 4.79 Å². The smallest absolute Gasteiger partial charge is 0.261 e. The van der Waals surface area contributed by atoms with Gasteiger partial charge in [0.25, 0.3) is 5.56 Å². The molecule has 0 amide bonds. The van der Waals surface area contributed by atoms with Crippen molar-refractivity contribution in [2.24, 2.45) is 0 Å². The van der Waals surface area contributed by atoms with Crippen LogP contribution in [0.1, 0.15) is 6.23 Å². The van der Waals surface area contributed by atoms with Crippen molar-refractivity contribution in [2.45, 2.75) is 24.6 Å². The van der Waals surface area contributed by atoms with Crippen LogP contribution in [0.3, 0.4) is 0 Å². The molecule has 1 saturated heterocycles. The number of halogens is 1. The number of aliphatic hydroxyl groups excluding tert-OH is 2. The van der Waals surface area contributed by atoms with E-state index in [4.69, 9.17) is 9.84 Å². The number of ether oxygens (including phenoxy) is 1. The van der Waals surface area contributed by atoms with E-state index in [-0.39, 0.29) is 16.6 Å². The van der Waals surface area contributed by atoms with E-state index in [0.717, 1.165) is 4.68 Å². The number of hydrogen-bond acceptors (Lipinski definition) is 6. The van der Waals surface area contributed by atoms with Crippen molar-refractivity contribution in [3.63, 3.8) is 0 Å². The van der Waals surface area contributed by atoms with Crippen LogP contribution in [0.2, 0.25) is 0 Å². The average Bonchev–Trinajstić information content (AvgIpc) is 2.94. The van der Waals surface area contributed by atoms with Crippen LogP contribution in [0.25, 0.3) is 11.0 Å². The molecule has 1 aliphatic rings. The quantitative estimate of drug-likeness (QED) is 0.625. The monoisotopic (exact) mass is 270 g/mol. The second-order valence-corrected chi connectivity index (χ2v) is 4.24. The lowest BCUT2D eigenvalue weighted by Gasteiger charge is -2.14. The summed E-state index contributed by atoms with van der Waals surface area (Å²) in [6, 6.07) is 0. The van der Waals surface area contributed by atoms with Crippen molar-refractivity contribution >= 4 is 11.0 Å². The van der Waals surface area contributed by atoms with Crippen LogP contribution in [0.4, 0.5) is 4.39 Å². The maximum Gasteiger partial charge on any atom is 0.261 e. The first-order valence-corrected chi connectivity index (χ1v) is 5.63. The van der Waals surface area contributed by atoms with Crippen LogP contribution < -0.4 is 5.56 Å². The largest absolute Gasteiger partial charge is 0.394 e. The second-order valence-electron chi connectivity index (χ2n) is 4.24. The van der Waals surface area contributed by atoms with E-state index < -0.39 is 31.2 Å². The summed E-state index contributed by atoms with van der Waals surface area (Å²) in [6.07, 6.45) is -3.02. The second kappa shape index (κ2) is 4.37. The predicted molar refractivity (Wildman–Crippen MR) is 60.0 cm³/mol. The first-order valence-electron chi connectivity index (χ1n) is 5.63. The Morgan fingerprint density at radius 1 is 1.58 bits per heavy atom. The van der Waals surface area contributed by atoms with Crippen molar-refractivity contribution < 1.29 is 19.3 Å². The molecule has 3 heterocycles. The third kappa shape index (κ3) is 1.74. The molecule has 9 heteroatoms. The Bertz CT molecular complexity index is 656. The highest BCUT2D eigenvalue weighted by molar-refractivity contribution is 5.72. The molecule has 19 heavy (non-hydrogen) atoms. The minimum atomic E-state index is -1.73. The molecule has 0 bridgehead atoms. The zero-order chi connectivity index (χ0) is 13.6.